The smallest absolute Gasteiger partial charge is 0.0409 e. The van der Waals surface area contributed by atoms with E-state index >= 15 is 0 Å². The minimum atomic E-state index is 0.804. The summed E-state index contributed by atoms with van der Waals surface area (Å²) in [5.41, 5.74) is 2.52. The summed E-state index contributed by atoms with van der Waals surface area (Å²) >= 11 is 7.84. The lowest BCUT2D eigenvalue weighted by atomic mass is 10.1. The van der Waals surface area contributed by atoms with Crippen LogP contribution in [0.1, 0.15) is 10.4 Å². The molecule has 2 rings (SSSR count). The first-order valence-corrected chi connectivity index (χ1v) is 6.90. The monoisotopic (exact) mass is 265 g/mol. The van der Waals surface area contributed by atoms with E-state index in [2.05, 4.69) is 30.4 Å². The molecule has 0 aliphatic heterocycles. The number of rotatable bonds is 4. The van der Waals surface area contributed by atoms with Crippen molar-refractivity contribution in [3.05, 3.63) is 45.8 Å². The van der Waals surface area contributed by atoms with Gasteiger partial charge in [-0.3, -0.25) is 0 Å². The third-order valence-electron chi connectivity index (χ3n) is 2.74. The van der Waals surface area contributed by atoms with E-state index < -0.39 is 0 Å². The van der Waals surface area contributed by atoms with E-state index in [1.807, 2.05) is 30.5 Å². The predicted octanol–water partition coefficient (Wildman–Crippen LogP) is 4.14. The highest BCUT2D eigenvalue weighted by atomic mass is 35.5. The molecule has 1 aromatic heterocycles. The lowest BCUT2D eigenvalue weighted by molar-refractivity contribution is 0.799. The van der Waals surface area contributed by atoms with Gasteiger partial charge in [0.2, 0.25) is 0 Å². The third kappa shape index (κ3) is 3.09. The van der Waals surface area contributed by atoms with Gasteiger partial charge in [-0.2, -0.15) is 0 Å². The van der Waals surface area contributed by atoms with Crippen molar-refractivity contribution in [3.63, 3.8) is 0 Å². The highest BCUT2D eigenvalue weighted by Crippen LogP contribution is 2.31. The molecule has 3 heteroatoms. The number of thiophene rings is 1. The Kier molecular flexibility index (Phi) is 4.21. The van der Waals surface area contributed by atoms with E-state index in [1.54, 1.807) is 0 Å². The molecule has 0 aliphatic carbocycles. The van der Waals surface area contributed by atoms with Gasteiger partial charge in [0.25, 0.3) is 0 Å². The zero-order valence-electron chi connectivity index (χ0n) is 10.1. The molecule has 2 aromatic rings. The molecule has 0 saturated carbocycles. The van der Waals surface area contributed by atoms with E-state index in [0.29, 0.717) is 0 Å². The van der Waals surface area contributed by atoms with E-state index in [0.717, 1.165) is 18.0 Å². The lowest BCUT2D eigenvalue weighted by Gasteiger charge is -2.03. The van der Waals surface area contributed by atoms with Crippen LogP contribution in [0.15, 0.2) is 30.3 Å². The summed E-state index contributed by atoms with van der Waals surface area (Å²) in [6.07, 6.45) is 1.09. The minimum Gasteiger partial charge on any atom is -0.319 e. The average molecular weight is 266 g/mol. The minimum absolute atomic E-state index is 0.804. The fraction of sp³-hybridized carbons (Fsp3) is 0.286. The largest absolute Gasteiger partial charge is 0.319 e. The highest BCUT2D eigenvalue weighted by molar-refractivity contribution is 7.15. The molecule has 1 aromatic carbocycles. The SMILES string of the molecule is CNCCc1ccc(-c2ccc(Cl)cc2C)s1. The number of aryl methyl sites for hydroxylation is 1. The summed E-state index contributed by atoms with van der Waals surface area (Å²) in [7, 11) is 1.98. The molecule has 1 nitrogen and oxygen atoms in total. The number of hydrogen-bond donors (Lipinski definition) is 1. The molecular formula is C14H16ClNS. The van der Waals surface area contributed by atoms with Crippen molar-refractivity contribution in [1.82, 2.24) is 5.32 Å². The Labute approximate surface area is 111 Å². The summed E-state index contributed by atoms with van der Waals surface area (Å²) in [5.74, 6) is 0. The van der Waals surface area contributed by atoms with Gasteiger partial charge in [-0.25, -0.2) is 0 Å². The summed E-state index contributed by atoms with van der Waals surface area (Å²) < 4.78 is 0. The van der Waals surface area contributed by atoms with Crippen molar-refractivity contribution in [2.24, 2.45) is 0 Å². The molecule has 0 unspecified atom stereocenters. The van der Waals surface area contributed by atoms with Gasteiger partial charge in [-0.15, -0.1) is 11.3 Å². The number of halogens is 1. The Bertz CT molecular complexity index is 505. The predicted molar refractivity (Wildman–Crippen MR) is 77.1 cm³/mol. The van der Waals surface area contributed by atoms with Gasteiger partial charge < -0.3 is 5.32 Å². The summed E-state index contributed by atoms with van der Waals surface area (Å²) in [5, 5.41) is 3.98. The van der Waals surface area contributed by atoms with Crippen LogP contribution < -0.4 is 5.32 Å². The van der Waals surface area contributed by atoms with Gasteiger partial charge in [0.1, 0.15) is 0 Å². The maximum atomic E-state index is 5.97. The van der Waals surface area contributed by atoms with Crippen molar-refractivity contribution < 1.29 is 0 Å². The molecule has 1 heterocycles. The first-order chi connectivity index (χ1) is 8.20. The topological polar surface area (TPSA) is 12.0 Å². The number of nitrogens with one attached hydrogen (secondary N) is 1. The lowest BCUT2D eigenvalue weighted by Crippen LogP contribution is -2.09. The summed E-state index contributed by atoms with van der Waals surface area (Å²) in [6, 6.07) is 10.5. The van der Waals surface area contributed by atoms with Crippen LogP contribution in [0, 0.1) is 6.92 Å². The molecular weight excluding hydrogens is 250 g/mol. The second kappa shape index (κ2) is 5.67. The Morgan fingerprint density at radius 3 is 2.76 bits per heavy atom. The van der Waals surface area contributed by atoms with Gasteiger partial charge in [0.15, 0.2) is 0 Å². The zero-order valence-corrected chi connectivity index (χ0v) is 11.7. The summed E-state index contributed by atoms with van der Waals surface area (Å²) in [6.45, 7) is 3.13. The van der Waals surface area contributed by atoms with Crippen LogP contribution >= 0.6 is 22.9 Å². The van der Waals surface area contributed by atoms with E-state index in [9.17, 15) is 0 Å². The van der Waals surface area contributed by atoms with Crippen LogP contribution in [-0.2, 0) is 6.42 Å². The first-order valence-electron chi connectivity index (χ1n) is 5.70. The van der Waals surface area contributed by atoms with Crippen molar-refractivity contribution in [2.45, 2.75) is 13.3 Å². The Morgan fingerprint density at radius 2 is 2.06 bits per heavy atom. The maximum Gasteiger partial charge on any atom is 0.0409 e. The van der Waals surface area contributed by atoms with Gasteiger partial charge in [0, 0.05) is 14.8 Å². The van der Waals surface area contributed by atoms with Crippen LogP contribution in [0.3, 0.4) is 0 Å². The quantitative estimate of drug-likeness (QED) is 0.876. The normalized spacial score (nSPS) is 10.8. The standard InChI is InChI=1S/C14H16ClNS/c1-10-9-11(15)3-5-13(10)14-6-4-12(17-14)7-8-16-2/h3-6,9,16H,7-8H2,1-2H3. The van der Waals surface area contributed by atoms with Crippen LogP contribution in [0.25, 0.3) is 10.4 Å². The highest BCUT2D eigenvalue weighted by Gasteiger charge is 2.05. The Balaban J connectivity index is 2.24. The molecule has 0 saturated heterocycles. The number of hydrogen-bond acceptors (Lipinski definition) is 2. The van der Waals surface area contributed by atoms with E-state index in [1.165, 1.54) is 20.9 Å². The molecule has 17 heavy (non-hydrogen) atoms. The van der Waals surface area contributed by atoms with Gasteiger partial charge >= 0.3 is 0 Å². The molecule has 0 radical (unpaired) electrons. The zero-order chi connectivity index (χ0) is 12.3. The van der Waals surface area contributed by atoms with Gasteiger partial charge in [-0.1, -0.05) is 17.7 Å². The molecule has 0 bridgehead atoms. The van der Waals surface area contributed by atoms with Crippen LogP contribution in [0.4, 0.5) is 0 Å². The molecule has 0 spiro atoms. The van der Waals surface area contributed by atoms with Crippen molar-refractivity contribution >= 4 is 22.9 Å². The maximum absolute atomic E-state index is 5.97. The molecule has 0 amide bonds. The molecule has 90 valence electrons. The van der Waals surface area contributed by atoms with Crippen LogP contribution in [0.2, 0.25) is 5.02 Å². The van der Waals surface area contributed by atoms with Crippen molar-refractivity contribution in [3.8, 4) is 10.4 Å². The Hall–Kier alpha value is -0.830. The number of likely N-dealkylation sites (N-methyl/N-ethyl adjacent to an activating group) is 1. The molecule has 0 atom stereocenters. The van der Waals surface area contributed by atoms with Gasteiger partial charge in [0.05, 0.1) is 0 Å². The fourth-order valence-corrected chi connectivity index (χ4v) is 3.13. The van der Waals surface area contributed by atoms with Crippen LogP contribution in [0.5, 0.6) is 0 Å². The third-order valence-corrected chi connectivity index (χ3v) is 4.15. The second-order valence-corrected chi connectivity index (χ2v) is 5.68. The fourth-order valence-electron chi connectivity index (χ4n) is 1.81. The second-order valence-electron chi connectivity index (χ2n) is 4.08. The van der Waals surface area contributed by atoms with Crippen molar-refractivity contribution in [2.75, 3.05) is 13.6 Å². The van der Waals surface area contributed by atoms with Gasteiger partial charge in [-0.05, 0) is 62.3 Å². The van der Waals surface area contributed by atoms with E-state index in [4.69, 9.17) is 11.6 Å². The average Bonchev–Trinajstić information content (AvgIpc) is 2.75. The Morgan fingerprint density at radius 1 is 1.24 bits per heavy atom. The van der Waals surface area contributed by atoms with Crippen LogP contribution in [-0.4, -0.2) is 13.6 Å². The molecule has 0 fully saturated rings. The first kappa shape index (κ1) is 12.6. The van der Waals surface area contributed by atoms with Crippen molar-refractivity contribution in [1.29, 1.82) is 0 Å². The number of benzene rings is 1. The van der Waals surface area contributed by atoms with E-state index in [-0.39, 0.29) is 0 Å². The summed E-state index contributed by atoms with van der Waals surface area (Å²) in [4.78, 5) is 2.74. The molecule has 0 aliphatic rings. The molecule has 1 N–H and O–H groups in total.